The van der Waals surface area contributed by atoms with Crippen LogP contribution in [0.4, 0.5) is 13.2 Å². The third-order valence-electron chi connectivity index (χ3n) is 7.90. The van der Waals surface area contributed by atoms with Gasteiger partial charge in [0.1, 0.15) is 17.6 Å². The van der Waals surface area contributed by atoms with Crippen LogP contribution in [0.3, 0.4) is 0 Å². The molecule has 0 aromatic heterocycles. The highest BCUT2D eigenvalue weighted by Crippen LogP contribution is 2.65. The summed E-state index contributed by atoms with van der Waals surface area (Å²) in [7, 11) is 0. The Kier molecular flexibility index (Phi) is 5.81. The summed E-state index contributed by atoms with van der Waals surface area (Å²) in [5.74, 6) is -4.23. The number of fused-ring (bicyclic) bond motifs is 1. The molecule has 12 heteroatoms. The van der Waals surface area contributed by atoms with Crippen molar-refractivity contribution in [1.29, 1.82) is 5.26 Å². The molecular formula is C22H28F3N5O4. The Hall–Kier alpha value is -2.84. The molecule has 2 heterocycles. The summed E-state index contributed by atoms with van der Waals surface area (Å²) in [5, 5.41) is 16.8. The first-order valence-electron chi connectivity index (χ1n) is 11.5. The maximum atomic E-state index is 13.3. The smallest absolute Gasteiger partial charge is 0.356 e. The predicted molar refractivity (Wildman–Crippen MR) is 110 cm³/mol. The van der Waals surface area contributed by atoms with Gasteiger partial charge in [-0.1, -0.05) is 13.8 Å². The molecule has 2 aliphatic heterocycles. The van der Waals surface area contributed by atoms with Crippen LogP contribution in [-0.4, -0.2) is 65.4 Å². The van der Waals surface area contributed by atoms with Crippen molar-refractivity contribution in [2.45, 2.75) is 69.8 Å². The van der Waals surface area contributed by atoms with Crippen LogP contribution >= 0.6 is 0 Å². The Bertz CT molecular complexity index is 955. The van der Waals surface area contributed by atoms with Crippen molar-refractivity contribution >= 4 is 23.6 Å². The van der Waals surface area contributed by atoms with Gasteiger partial charge in [0.25, 0.3) is 0 Å². The molecule has 3 N–H and O–H groups in total. The van der Waals surface area contributed by atoms with Crippen LogP contribution in [0.2, 0.25) is 0 Å². The molecule has 2 saturated heterocycles. The van der Waals surface area contributed by atoms with Gasteiger partial charge in [-0.25, -0.2) is 0 Å². The van der Waals surface area contributed by atoms with Crippen LogP contribution < -0.4 is 16.0 Å². The van der Waals surface area contributed by atoms with Gasteiger partial charge in [0.2, 0.25) is 17.7 Å². The number of carbonyl (C=O) groups is 4. The quantitative estimate of drug-likeness (QED) is 0.509. The first kappa shape index (κ1) is 24.3. The molecular weight excluding hydrogens is 455 g/mol. The second-order valence-electron chi connectivity index (χ2n) is 10.4. The normalized spacial score (nSPS) is 31.4. The molecule has 5 atom stereocenters. The number of alkyl halides is 3. The first-order chi connectivity index (χ1) is 15.8. The summed E-state index contributed by atoms with van der Waals surface area (Å²) in [6, 6.07) is 0.105. The van der Waals surface area contributed by atoms with Crippen molar-refractivity contribution in [3.8, 4) is 6.07 Å². The third-order valence-corrected chi connectivity index (χ3v) is 7.90. The molecule has 0 radical (unpaired) electrons. The van der Waals surface area contributed by atoms with Crippen molar-refractivity contribution in [1.82, 2.24) is 20.9 Å². The van der Waals surface area contributed by atoms with Crippen LogP contribution in [0.1, 0.15) is 46.0 Å². The molecule has 4 fully saturated rings. The van der Waals surface area contributed by atoms with E-state index in [1.165, 1.54) is 4.90 Å². The molecule has 186 valence electrons. The lowest BCUT2D eigenvalue weighted by Crippen LogP contribution is -2.59. The molecule has 0 spiro atoms. The fraction of sp³-hybridized carbons (Fsp3) is 0.773. The number of hydrogen-bond acceptors (Lipinski definition) is 5. The van der Waals surface area contributed by atoms with Gasteiger partial charge in [-0.15, -0.1) is 0 Å². The number of carbonyl (C=O) groups excluding carboxylic acids is 4. The van der Waals surface area contributed by atoms with Crippen molar-refractivity contribution in [2.24, 2.45) is 23.2 Å². The molecule has 2 saturated carbocycles. The summed E-state index contributed by atoms with van der Waals surface area (Å²) >= 11 is 0. The van der Waals surface area contributed by atoms with Crippen molar-refractivity contribution in [3.63, 3.8) is 0 Å². The second-order valence-corrected chi connectivity index (χ2v) is 10.4. The molecule has 4 amide bonds. The van der Waals surface area contributed by atoms with E-state index >= 15 is 0 Å². The van der Waals surface area contributed by atoms with E-state index in [-0.39, 0.29) is 49.0 Å². The highest BCUT2D eigenvalue weighted by Gasteiger charge is 2.71. The Balaban J connectivity index is 1.47. The Morgan fingerprint density at radius 1 is 1.29 bits per heavy atom. The molecule has 9 nitrogen and oxygen atoms in total. The molecule has 0 bridgehead atoms. The summed E-state index contributed by atoms with van der Waals surface area (Å²) in [6.45, 7) is 4.68. The number of nitrogens with one attached hydrogen (secondary N) is 3. The minimum absolute atomic E-state index is 0.00836. The van der Waals surface area contributed by atoms with E-state index in [0.717, 1.165) is 6.42 Å². The number of piperidine rings is 2. The van der Waals surface area contributed by atoms with E-state index in [4.69, 9.17) is 0 Å². The minimum Gasteiger partial charge on any atom is -0.356 e. The Morgan fingerprint density at radius 3 is 2.53 bits per heavy atom. The number of nitrogens with zero attached hydrogens (tertiary/aromatic N) is 2. The summed E-state index contributed by atoms with van der Waals surface area (Å²) in [5.41, 5.74) is -1.89. The molecule has 2 aliphatic carbocycles. The molecule has 0 aromatic carbocycles. The Labute approximate surface area is 194 Å². The van der Waals surface area contributed by atoms with E-state index in [2.05, 4.69) is 10.6 Å². The second kappa shape index (κ2) is 8.13. The van der Waals surface area contributed by atoms with Crippen LogP contribution in [0, 0.1) is 34.5 Å². The standard InChI is InChI=1S/C22H28F3N5O4/c1-20(2)13-10-30(19(34)21(5-6-21)29-18(33)22(23,24)25)15(14(13)20)17(32)28-12(9-26)8-11-4-3-7-27-16(11)31/h11-15H,3-8,10H2,1-2H3,(H,27,31)(H,28,32)(H,29,33)/t11-,12-,13-,14-,15-/m0/s1. The average Bonchev–Trinajstić information content (AvgIpc) is 3.57. The largest absolute Gasteiger partial charge is 0.471 e. The fourth-order valence-electron chi connectivity index (χ4n) is 5.62. The van der Waals surface area contributed by atoms with E-state index in [0.29, 0.717) is 13.0 Å². The maximum Gasteiger partial charge on any atom is 0.471 e. The van der Waals surface area contributed by atoms with Crippen LogP contribution in [-0.2, 0) is 19.2 Å². The van der Waals surface area contributed by atoms with E-state index in [1.54, 1.807) is 0 Å². The minimum atomic E-state index is -5.12. The van der Waals surface area contributed by atoms with Gasteiger partial charge in [0, 0.05) is 19.0 Å². The van der Waals surface area contributed by atoms with E-state index in [9.17, 15) is 37.6 Å². The summed E-state index contributed by atoms with van der Waals surface area (Å²) in [4.78, 5) is 51.3. The van der Waals surface area contributed by atoms with Gasteiger partial charge in [0.15, 0.2) is 0 Å². The summed E-state index contributed by atoms with van der Waals surface area (Å²) < 4.78 is 38.3. The number of halogens is 3. The molecule has 0 unspecified atom stereocenters. The average molecular weight is 483 g/mol. The van der Waals surface area contributed by atoms with Gasteiger partial charge in [0.05, 0.1) is 6.07 Å². The number of rotatable bonds is 6. The number of nitriles is 1. The lowest BCUT2D eigenvalue weighted by atomic mass is 9.91. The van der Waals surface area contributed by atoms with Crippen LogP contribution in [0.15, 0.2) is 0 Å². The SMILES string of the molecule is CC1(C)[C@@H]2[C@@H](C(=O)N[C@H](C#N)C[C@@H]3CCCNC3=O)N(C(=O)C3(NC(=O)C(F)(F)F)CC3)C[C@@H]21. The van der Waals surface area contributed by atoms with Crippen LogP contribution in [0.25, 0.3) is 0 Å². The molecule has 0 aromatic rings. The highest BCUT2D eigenvalue weighted by molar-refractivity contribution is 5.99. The van der Waals surface area contributed by atoms with Gasteiger partial charge in [-0.05, 0) is 49.4 Å². The monoisotopic (exact) mass is 483 g/mol. The lowest BCUT2D eigenvalue weighted by molar-refractivity contribution is -0.175. The van der Waals surface area contributed by atoms with Crippen molar-refractivity contribution in [2.75, 3.05) is 13.1 Å². The molecule has 4 rings (SSSR count). The van der Waals surface area contributed by atoms with Crippen molar-refractivity contribution in [3.05, 3.63) is 0 Å². The van der Waals surface area contributed by atoms with E-state index in [1.807, 2.05) is 25.2 Å². The van der Waals surface area contributed by atoms with Gasteiger partial charge in [-0.2, -0.15) is 18.4 Å². The topological polar surface area (TPSA) is 131 Å². The predicted octanol–water partition coefficient (Wildman–Crippen LogP) is 0.605. The Morgan fingerprint density at radius 2 is 1.97 bits per heavy atom. The van der Waals surface area contributed by atoms with Gasteiger partial charge < -0.3 is 20.9 Å². The summed E-state index contributed by atoms with van der Waals surface area (Å²) in [6.07, 6.45) is -3.47. The first-order valence-corrected chi connectivity index (χ1v) is 11.5. The number of hydrogen-bond donors (Lipinski definition) is 3. The number of amides is 4. The zero-order valence-electron chi connectivity index (χ0n) is 19.0. The maximum absolute atomic E-state index is 13.3. The van der Waals surface area contributed by atoms with Crippen LogP contribution in [0.5, 0.6) is 0 Å². The van der Waals surface area contributed by atoms with E-state index < -0.39 is 47.4 Å². The zero-order valence-corrected chi connectivity index (χ0v) is 19.0. The third kappa shape index (κ3) is 4.20. The molecule has 4 aliphatic rings. The molecule has 34 heavy (non-hydrogen) atoms. The highest BCUT2D eigenvalue weighted by atomic mass is 19.4. The van der Waals surface area contributed by atoms with Gasteiger partial charge in [-0.3, -0.25) is 19.2 Å². The van der Waals surface area contributed by atoms with Gasteiger partial charge >= 0.3 is 12.1 Å². The fourth-order valence-corrected chi connectivity index (χ4v) is 5.62. The zero-order chi connectivity index (χ0) is 25.1. The number of likely N-dealkylation sites (tertiary alicyclic amines) is 1. The lowest BCUT2D eigenvalue weighted by Gasteiger charge is -2.34. The van der Waals surface area contributed by atoms with Crippen molar-refractivity contribution < 1.29 is 32.3 Å².